The van der Waals surface area contributed by atoms with Gasteiger partial charge in [0, 0.05) is 6.08 Å². The normalized spacial score (nSPS) is 10.5. The lowest BCUT2D eigenvalue weighted by atomic mass is 10.1. The van der Waals surface area contributed by atoms with E-state index in [1.165, 1.54) is 42.5 Å². The molecule has 1 amide bonds. The number of amides is 1. The van der Waals surface area contributed by atoms with Crippen LogP contribution in [0.4, 0.5) is 14.5 Å². The fourth-order valence-corrected chi connectivity index (χ4v) is 2.18. The lowest BCUT2D eigenvalue weighted by molar-refractivity contribution is -0.111. The summed E-state index contributed by atoms with van der Waals surface area (Å²) in [6.07, 6.45) is 7.65. The smallest absolute Gasteiger partial charge is 0.387 e. The summed E-state index contributed by atoms with van der Waals surface area (Å²) in [6.45, 7) is -3.19. The summed E-state index contributed by atoms with van der Waals surface area (Å²) in [5.74, 6) is 0.265. The van der Waals surface area contributed by atoms with E-state index >= 15 is 0 Å². The molecule has 0 fully saturated rings. The quantitative estimate of drug-likeness (QED) is 0.534. The number of carboxylic acids is 1. The topological polar surface area (TPSA) is 84.9 Å². The maximum Gasteiger partial charge on any atom is 0.387 e. The zero-order valence-corrected chi connectivity index (χ0v) is 14.4. The highest BCUT2D eigenvalue weighted by Gasteiger charge is 2.12. The van der Waals surface area contributed by atoms with Crippen LogP contribution < -0.4 is 14.8 Å². The highest BCUT2D eigenvalue weighted by Crippen LogP contribution is 2.30. The third-order valence-corrected chi connectivity index (χ3v) is 3.34. The van der Waals surface area contributed by atoms with E-state index in [4.69, 9.17) is 16.3 Å². The molecule has 0 heterocycles. The minimum absolute atomic E-state index is 0.00275. The molecule has 8 heteroatoms. The van der Waals surface area contributed by atoms with Crippen molar-refractivity contribution in [3.8, 4) is 23.8 Å². The van der Waals surface area contributed by atoms with Crippen molar-refractivity contribution in [1.82, 2.24) is 0 Å². The van der Waals surface area contributed by atoms with E-state index in [1.807, 2.05) is 0 Å². The van der Waals surface area contributed by atoms with E-state index < -0.39 is 18.5 Å². The molecule has 2 N–H and O–H groups in total. The molecule has 6 nitrogen and oxygen atoms in total. The van der Waals surface area contributed by atoms with Gasteiger partial charge < -0.3 is 19.9 Å². The fourth-order valence-electron chi connectivity index (χ4n) is 2.18. The molecule has 144 valence electrons. The molecular formula is C20H15F2NO5. The molecule has 0 bridgehead atoms. The number of alkyl halides is 2. The molecule has 0 saturated heterocycles. The van der Waals surface area contributed by atoms with Gasteiger partial charge in [0.25, 0.3) is 0 Å². The van der Waals surface area contributed by atoms with Gasteiger partial charge >= 0.3 is 12.6 Å². The summed E-state index contributed by atoms with van der Waals surface area (Å²) >= 11 is 0. The number of para-hydroxylation sites is 1. The number of terminal acetylenes is 1. The lowest BCUT2D eigenvalue weighted by Crippen LogP contribution is -2.11. The average Bonchev–Trinajstić information content (AvgIpc) is 2.66. The van der Waals surface area contributed by atoms with Gasteiger partial charge in [-0.15, -0.1) is 6.42 Å². The maximum absolute atomic E-state index is 12.4. The number of ether oxygens (including phenoxy) is 2. The van der Waals surface area contributed by atoms with Crippen LogP contribution in [0.15, 0.2) is 48.5 Å². The number of anilines is 1. The van der Waals surface area contributed by atoms with Crippen molar-refractivity contribution in [3.63, 3.8) is 0 Å². The number of nitrogens with one attached hydrogen (secondary N) is 1. The van der Waals surface area contributed by atoms with Crippen LogP contribution in [0.25, 0.3) is 6.08 Å². The molecule has 0 aliphatic carbocycles. The molecule has 2 aromatic carbocycles. The summed E-state index contributed by atoms with van der Waals surface area (Å²) in [6, 6.07) is 10.0. The number of halogens is 2. The molecule has 0 radical (unpaired) electrons. The van der Waals surface area contributed by atoms with Gasteiger partial charge in [-0.2, -0.15) is 8.78 Å². The third kappa shape index (κ3) is 5.85. The van der Waals surface area contributed by atoms with Crippen LogP contribution in [0.2, 0.25) is 0 Å². The highest BCUT2D eigenvalue weighted by atomic mass is 19.3. The van der Waals surface area contributed by atoms with Gasteiger partial charge in [-0.1, -0.05) is 24.1 Å². The minimum Gasteiger partial charge on any atom is -0.478 e. The standard InChI is InChI=1S/C20H15F2NO5/c1-2-11-27-17-12-13(7-9-16(17)28-20(21)22)8-10-18(24)23-15-6-4-3-5-14(15)19(25)26/h1,3-10,12,20H,11H2,(H,23,24)(H,25,26)/b10-8+. The molecule has 2 rings (SSSR count). The van der Waals surface area contributed by atoms with Crippen molar-refractivity contribution in [1.29, 1.82) is 0 Å². The average molecular weight is 387 g/mol. The van der Waals surface area contributed by atoms with Gasteiger partial charge in [-0.05, 0) is 35.9 Å². The summed E-state index contributed by atoms with van der Waals surface area (Å²) in [7, 11) is 0. The van der Waals surface area contributed by atoms with E-state index in [9.17, 15) is 18.4 Å². The number of benzene rings is 2. The van der Waals surface area contributed by atoms with Crippen LogP contribution in [0.5, 0.6) is 11.5 Å². The summed E-state index contributed by atoms with van der Waals surface area (Å²) in [4.78, 5) is 23.2. The van der Waals surface area contributed by atoms with Gasteiger partial charge in [0.05, 0.1) is 11.3 Å². The Kier molecular flexibility index (Phi) is 7.11. The molecule has 0 aromatic heterocycles. The lowest BCUT2D eigenvalue weighted by Gasteiger charge is -2.11. The first kappa shape index (κ1) is 20.5. The number of carbonyl (C=O) groups excluding carboxylic acids is 1. The zero-order valence-electron chi connectivity index (χ0n) is 14.4. The van der Waals surface area contributed by atoms with Crippen molar-refractivity contribution >= 4 is 23.6 Å². The maximum atomic E-state index is 12.4. The minimum atomic E-state index is -3.03. The first-order valence-corrected chi connectivity index (χ1v) is 7.87. The van der Waals surface area contributed by atoms with Gasteiger partial charge in [0.2, 0.25) is 5.91 Å². The first-order valence-electron chi connectivity index (χ1n) is 7.87. The molecule has 0 spiro atoms. The Morgan fingerprint density at radius 1 is 1.21 bits per heavy atom. The Morgan fingerprint density at radius 2 is 1.96 bits per heavy atom. The third-order valence-electron chi connectivity index (χ3n) is 3.34. The predicted molar refractivity (Wildman–Crippen MR) is 98.5 cm³/mol. The number of hydrogen-bond donors (Lipinski definition) is 2. The van der Waals surface area contributed by atoms with E-state index in [0.29, 0.717) is 5.56 Å². The second-order valence-electron chi connectivity index (χ2n) is 5.25. The summed E-state index contributed by atoms with van der Waals surface area (Å²) in [5, 5.41) is 11.6. The summed E-state index contributed by atoms with van der Waals surface area (Å²) in [5.41, 5.74) is 0.543. The Hall–Kier alpha value is -3.86. The van der Waals surface area contributed by atoms with Crippen LogP contribution in [0.3, 0.4) is 0 Å². The van der Waals surface area contributed by atoms with Crippen LogP contribution >= 0.6 is 0 Å². The monoisotopic (exact) mass is 387 g/mol. The van der Waals surface area contributed by atoms with Gasteiger partial charge in [-0.25, -0.2) is 4.79 Å². The van der Waals surface area contributed by atoms with E-state index in [-0.39, 0.29) is 29.4 Å². The van der Waals surface area contributed by atoms with E-state index in [2.05, 4.69) is 16.0 Å². The van der Waals surface area contributed by atoms with Crippen LogP contribution in [-0.4, -0.2) is 30.2 Å². The van der Waals surface area contributed by atoms with Crippen LogP contribution in [0, 0.1) is 12.3 Å². The molecular weight excluding hydrogens is 372 g/mol. The van der Waals surface area contributed by atoms with Gasteiger partial charge in [0.1, 0.15) is 6.61 Å². The number of carbonyl (C=O) groups is 2. The Bertz CT molecular complexity index is 934. The molecule has 0 unspecified atom stereocenters. The number of carboxylic acid groups (broad SMARTS) is 1. The van der Waals surface area contributed by atoms with Crippen molar-refractivity contribution in [2.24, 2.45) is 0 Å². The zero-order chi connectivity index (χ0) is 20.5. The van der Waals surface area contributed by atoms with Crippen LogP contribution in [0.1, 0.15) is 15.9 Å². The molecule has 0 saturated carbocycles. The molecule has 28 heavy (non-hydrogen) atoms. The largest absolute Gasteiger partial charge is 0.478 e. The molecule has 2 aromatic rings. The Morgan fingerprint density at radius 3 is 2.64 bits per heavy atom. The Labute approximate surface area is 159 Å². The van der Waals surface area contributed by atoms with Gasteiger partial charge in [0.15, 0.2) is 11.5 Å². The first-order chi connectivity index (χ1) is 13.4. The predicted octanol–water partition coefficient (Wildman–Crippen LogP) is 3.65. The van der Waals surface area contributed by atoms with Crippen molar-refractivity contribution in [2.75, 3.05) is 11.9 Å². The summed E-state index contributed by atoms with van der Waals surface area (Å²) < 4.78 is 34.4. The molecule has 0 aliphatic rings. The van der Waals surface area contributed by atoms with E-state index in [1.54, 1.807) is 6.07 Å². The number of rotatable bonds is 8. The second kappa shape index (κ2) is 9.73. The second-order valence-corrected chi connectivity index (χ2v) is 5.25. The van der Waals surface area contributed by atoms with Gasteiger partial charge in [-0.3, -0.25) is 4.79 Å². The van der Waals surface area contributed by atoms with Crippen molar-refractivity contribution < 1.29 is 33.0 Å². The fraction of sp³-hybridized carbons (Fsp3) is 0.100. The highest BCUT2D eigenvalue weighted by molar-refractivity contribution is 6.06. The number of hydrogen-bond acceptors (Lipinski definition) is 4. The molecule has 0 atom stereocenters. The SMILES string of the molecule is C#CCOc1cc(/C=C/C(=O)Nc2ccccc2C(=O)O)ccc1OC(F)F. The number of aromatic carboxylic acids is 1. The van der Waals surface area contributed by atoms with Crippen molar-refractivity contribution in [2.45, 2.75) is 6.61 Å². The van der Waals surface area contributed by atoms with Crippen molar-refractivity contribution in [3.05, 3.63) is 59.7 Å². The molecule has 0 aliphatic heterocycles. The van der Waals surface area contributed by atoms with Crippen LogP contribution in [-0.2, 0) is 4.79 Å². The Balaban J connectivity index is 2.15. The van der Waals surface area contributed by atoms with E-state index in [0.717, 1.165) is 6.08 Å².